The van der Waals surface area contributed by atoms with Crippen molar-refractivity contribution in [3.63, 3.8) is 0 Å². The van der Waals surface area contributed by atoms with Crippen molar-refractivity contribution in [3.8, 4) is 11.5 Å². The van der Waals surface area contributed by atoms with Crippen LogP contribution in [0.1, 0.15) is 12.3 Å². The van der Waals surface area contributed by atoms with Crippen LogP contribution in [0.25, 0.3) is 11.5 Å². The van der Waals surface area contributed by atoms with Crippen LogP contribution in [0, 0.1) is 0 Å². The zero-order valence-corrected chi connectivity index (χ0v) is 8.13. The van der Waals surface area contributed by atoms with Crippen LogP contribution in [0.5, 0.6) is 0 Å². The van der Waals surface area contributed by atoms with Crippen LogP contribution in [0.4, 0.5) is 0 Å². The van der Waals surface area contributed by atoms with Gasteiger partial charge in [-0.1, -0.05) is 5.16 Å². The molecule has 2 rings (SSSR count). The third-order valence-electron chi connectivity index (χ3n) is 1.86. The summed E-state index contributed by atoms with van der Waals surface area (Å²) in [6, 6.07) is 0. The van der Waals surface area contributed by atoms with E-state index in [1.165, 1.54) is 0 Å². The van der Waals surface area contributed by atoms with Gasteiger partial charge in [0, 0.05) is 18.8 Å². The zero-order valence-electron chi connectivity index (χ0n) is 8.13. The highest BCUT2D eigenvalue weighted by atomic mass is 16.5. The molecule has 0 unspecified atom stereocenters. The van der Waals surface area contributed by atoms with Crippen molar-refractivity contribution in [2.45, 2.75) is 12.8 Å². The predicted molar refractivity (Wildman–Crippen MR) is 52.7 cm³/mol. The summed E-state index contributed by atoms with van der Waals surface area (Å²) >= 11 is 0. The van der Waals surface area contributed by atoms with Gasteiger partial charge < -0.3 is 10.3 Å². The number of nitrogens with two attached hydrogens (primary N) is 1. The van der Waals surface area contributed by atoms with E-state index in [4.69, 9.17) is 10.3 Å². The fourth-order valence-electron chi connectivity index (χ4n) is 1.13. The molecule has 0 saturated heterocycles. The van der Waals surface area contributed by atoms with Gasteiger partial charge in [-0.05, 0) is 13.0 Å². The van der Waals surface area contributed by atoms with Gasteiger partial charge in [0.15, 0.2) is 0 Å². The van der Waals surface area contributed by atoms with Crippen LogP contribution >= 0.6 is 0 Å². The minimum absolute atomic E-state index is 0.468. The van der Waals surface area contributed by atoms with Crippen molar-refractivity contribution in [2.24, 2.45) is 5.73 Å². The molecule has 2 aromatic rings. The van der Waals surface area contributed by atoms with Crippen molar-refractivity contribution < 1.29 is 4.52 Å². The Bertz CT molecular complexity index is 413. The fraction of sp³-hybridized carbons (Fsp3) is 0.333. The first-order valence-corrected chi connectivity index (χ1v) is 4.69. The maximum Gasteiger partial charge on any atom is 0.227 e. The van der Waals surface area contributed by atoms with Crippen LogP contribution < -0.4 is 5.73 Å². The van der Waals surface area contributed by atoms with E-state index in [2.05, 4.69) is 20.1 Å². The smallest absolute Gasteiger partial charge is 0.227 e. The lowest BCUT2D eigenvalue weighted by molar-refractivity contribution is 0.376. The highest BCUT2D eigenvalue weighted by Gasteiger charge is 2.08. The Morgan fingerprint density at radius 2 is 2.27 bits per heavy atom. The standard InChI is InChI=1S/C9H11N5O/c10-3-1-2-8-13-9(14-15-8)7-6-11-4-5-12-7/h4-6H,1-3,10H2. The van der Waals surface area contributed by atoms with Crippen LogP contribution in [-0.4, -0.2) is 26.7 Å². The molecule has 6 nitrogen and oxygen atoms in total. The van der Waals surface area contributed by atoms with Gasteiger partial charge in [-0.3, -0.25) is 4.98 Å². The van der Waals surface area contributed by atoms with Crippen molar-refractivity contribution in [1.82, 2.24) is 20.1 Å². The maximum atomic E-state index is 5.38. The monoisotopic (exact) mass is 205 g/mol. The molecule has 78 valence electrons. The van der Waals surface area contributed by atoms with Gasteiger partial charge >= 0.3 is 0 Å². The van der Waals surface area contributed by atoms with E-state index in [0.717, 1.165) is 6.42 Å². The van der Waals surface area contributed by atoms with Gasteiger partial charge in [-0.2, -0.15) is 4.98 Å². The number of nitrogens with zero attached hydrogens (tertiary/aromatic N) is 4. The molecule has 0 spiro atoms. The third kappa shape index (κ3) is 2.35. The average molecular weight is 205 g/mol. The molecule has 0 fully saturated rings. The molecule has 0 aliphatic rings. The van der Waals surface area contributed by atoms with E-state index in [0.29, 0.717) is 30.4 Å². The van der Waals surface area contributed by atoms with E-state index >= 15 is 0 Å². The van der Waals surface area contributed by atoms with E-state index in [-0.39, 0.29) is 0 Å². The zero-order chi connectivity index (χ0) is 10.5. The van der Waals surface area contributed by atoms with Gasteiger partial charge in [0.1, 0.15) is 5.69 Å². The summed E-state index contributed by atoms with van der Waals surface area (Å²) in [5.74, 6) is 1.05. The number of aryl methyl sites for hydroxylation is 1. The molecule has 0 amide bonds. The van der Waals surface area contributed by atoms with Crippen molar-refractivity contribution in [1.29, 1.82) is 0 Å². The Labute approximate surface area is 86.5 Å². The summed E-state index contributed by atoms with van der Waals surface area (Å²) in [5, 5.41) is 3.81. The average Bonchev–Trinajstić information content (AvgIpc) is 2.76. The lowest BCUT2D eigenvalue weighted by Gasteiger charge is -1.89. The second-order valence-electron chi connectivity index (χ2n) is 2.99. The molecule has 2 N–H and O–H groups in total. The first kappa shape index (κ1) is 9.72. The molecule has 0 aliphatic carbocycles. The summed E-state index contributed by atoms with van der Waals surface area (Å²) < 4.78 is 5.04. The SMILES string of the molecule is NCCCc1nc(-c2cnccn2)no1. The molecular formula is C9H11N5O. The molecule has 2 aromatic heterocycles. The summed E-state index contributed by atoms with van der Waals surface area (Å²) in [5.41, 5.74) is 5.99. The summed E-state index contributed by atoms with van der Waals surface area (Å²) in [7, 11) is 0. The first-order valence-electron chi connectivity index (χ1n) is 4.69. The Morgan fingerprint density at radius 3 is 3.00 bits per heavy atom. The van der Waals surface area contributed by atoms with Crippen LogP contribution in [0.2, 0.25) is 0 Å². The predicted octanol–water partition coefficient (Wildman–Crippen LogP) is 0.418. The van der Waals surface area contributed by atoms with Gasteiger partial charge in [-0.15, -0.1) is 0 Å². The molecule has 0 bridgehead atoms. The summed E-state index contributed by atoms with van der Waals surface area (Å²) in [6.45, 7) is 0.614. The molecule has 6 heteroatoms. The largest absolute Gasteiger partial charge is 0.339 e. The van der Waals surface area contributed by atoms with Crippen LogP contribution in [0.15, 0.2) is 23.1 Å². The van der Waals surface area contributed by atoms with Crippen LogP contribution in [-0.2, 0) is 6.42 Å². The van der Waals surface area contributed by atoms with E-state index in [9.17, 15) is 0 Å². The number of rotatable bonds is 4. The van der Waals surface area contributed by atoms with Gasteiger partial charge in [0.2, 0.25) is 11.7 Å². The topological polar surface area (TPSA) is 90.7 Å². The minimum Gasteiger partial charge on any atom is -0.339 e. The Hall–Kier alpha value is -1.82. The van der Waals surface area contributed by atoms with Gasteiger partial charge in [-0.25, -0.2) is 4.98 Å². The van der Waals surface area contributed by atoms with E-state index < -0.39 is 0 Å². The maximum absolute atomic E-state index is 5.38. The van der Waals surface area contributed by atoms with Crippen molar-refractivity contribution in [3.05, 3.63) is 24.5 Å². The second-order valence-corrected chi connectivity index (χ2v) is 2.99. The second kappa shape index (κ2) is 4.61. The molecule has 2 heterocycles. The number of hydrogen-bond acceptors (Lipinski definition) is 6. The molecule has 0 aliphatic heterocycles. The van der Waals surface area contributed by atoms with Crippen molar-refractivity contribution >= 4 is 0 Å². The van der Waals surface area contributed by atoms with Gasteiger partial charge in [0.05, 0.1) is 6.20 Å². The number of hydrogen-bond donors (Lipinski definition) is 1. The van der Waals surface area contributed by atoms with E-state index in [1.54, 1.807) is 18.6 Å². The highest BCUT2D eigenvalue weighted by Crippen LogP contribution is 2.11. The Balaban J connectivity index is 2.14. The van der Waals surface area contributed by atoms with Gasteiger partial charge in [0.25, 0.3) is 0 Å². The third-order valence-corrected chi connectivity index (χ3v) is 1.86. The quantitative estimate of drug-likeness (QED) is 0.777. The highest BCUT2D eigenvalue weighted by molar-refractivity contribution is 5.45. The Morgan fingerprint density at radius 1 is 1.33 bits per heavy atom. The fourth-order valence-corrected chi connectivity index (χ4v) is 1.13. The lowest BCUT2D eigenvalue weighted by Crippen LogP contribution is -2.00. The Kier molecular flexibility index (Phi) is 2.99. The molecule has 0 radical (unpaired) electrons. The molecule has 0 aromatic carbocycles. The molecule has 15 heavy (non-hydrogen) atoms. The minimum atomic E-state index is 0.468. The normalized spacial score (nSPS) is 10.5. The molecule has 0 saturated carbocycles. The molecule has 0 atom stereocenters. The first-order chi connectivity index (χ1) is 7.40. The summed E-state index contributed by atoms with van der Waals surface area (Å²) in [6.07, 6.45) is 6.31. The van der Waals surface area contributed by atoms with Crippen molar-refractivity contribution in [2.75, 3.05) is 6.54 Å². The lowest BCUT2D eigenvalue weighted by atomic mass is 10.3. The summed E-state index contributed by atoms with van der Waals surface area (Å²) in [4.78, 5) is 12.2. The van der Waals surface area contributed by atoms with Crippen LogP contribution in [0.3, 0.4) is 0 Å². The number of aromatic nitrogens is 4. The van der Waals surface area contributed by atoms with E-state index in [1.807, 2.05) is 0 Å². The molecular weight excluding hydrogens is 194 g/mol.